The molecule has 0 bridgehead atoms. The Morgan fingerprint density at radius 2 is 2.10 bits per heavy atom. The first-order valence-electron chi connectivity index (χ1n) is 6.63. The van der Waals surface area contributed by atoms with E-state index in [1.54, 1.807) is 0 Å². The molecular formula is C14H18N4O2. The van der Waals surface area contributed by atoms with Crippen LogP contribution in [-0.2, 0) is 22.4 Å². The van der Waals surface area contributed by atoms with Crippen LogP contribution in [0, 0.1) is 0 Å². The first-order valence-corrected chi connectivity index (χ1v) is 6.63. The number of ether oxygens (including phenoxy) is 1. The van der Waals surface area contributed by atoms with Gasteiger partial charge in [-0.1, -0.05) is 29.4 Å². The first-order chi connectivity index (χ1) is 9.72. The van der Waals surface area contributed by atoms with Crippen LogP contribution in [0.2, 0.25) is 0 Å². The molecule has 1 aliphatic rings. The highest BCUT2D eigenvalue weighted by atomic mass is 16.5. The number of hydrogen-bond donors (Lipinski definition) is 1. The molecule has 6 heteroatoms. The molecule has 2 rings (SSSR count). The predicted octanol–water partition coefficient (Wildman–Crippen LogP) is 1.99. The van der Waals surface area contributed by atoms with Crippen LogP contribution in [0.15, 0.2) is 29.4 Å². The van der Waals surface area contributed by atoms with Crippen molar-refractivity contribution in [2.24, 2.45) is 5.11 Å². The standard InChI is InChI=1S/C14H18N4O2/c1-20-13(19)14(16-7-4-8-17-18-15)9-11-5-2-3-6-12(11)10-14/h2-3,5-6,16H,4,7-10H2,1H3. The molecule has 0 atom stereocenters. The van der Waals surface area contributed by atoms with Gasteiger partial charge in [-0.2, -0.15) is 0 Å². The van der Waals surface area contributed by atoms with Gasteiger partial charge < -0.3 is 10.1 Å². The number of azide groups is 1. The van der Waals surface area contributed by atoms with Gasteiger partial charge in [0.05, 0.1) is 7.11 Å². The monoisotopic (exact) mass is 274 g/mol. The molecule has 1 N–H and O–H groups in total. The summed E-state index contributed by atoms with van der Waals surface area (Å²) in [6.07, 6.45) is 1.97. The summed E-state index contributed by atoms with van der Waals surface area (Å²) in [5.74, 6) is -0.238. The minimum Gasteiger partial charge on any atom is -0.468 e. The average Bonchev–Trinajstić information content (AvgIpc) is 2.85. The highest BCUT2D eigenvalue weighted by Crippen LogP contribution is 2.31. The third-order valence-electron chi connectivity index (χ3n) is 3.64. The Morgan fingerprint density at radius 1 is 1.45 bits per heavy atom. The lowest BCUT2D eigenvalue weighted by atomic mass is 9.95. The number of methoxy groups -OCH3 is 1. The molecule has 0 radical (unpaired) electrons. The highest BCUT2D eigenvalue weighted by molar-refractivity contribution is 5.83. The first kappa shape index (κ1) is 14.4. The number of carbonyl (C=O) groups excluding carboxylic acids is 1. The van der Waals surface area contributed by atoms with Crippen LogP contribution >= 0.6 is 0 Å². The van der Waals surface area contributed by atoms with Crippen LogP contribution in [0.25, 0.3) is 10.4 Å². The molecule has 0 saturated carbocycles. The van der Waals surface area contributed by atoms with Gasteiger partial charge in [0.15, 0.2) is 0 Å². The lowest BCUT2D eigenvalue weighted by molar-refractivity contribution is -0.148. The maximum absolute atomic E-state index is 12.2. The number of hydrogen-bond acceptors (Lipinski definition) is 4. The molecule has 1 aliphatic carbocycles. The maximum Gasteiger partial charge on any atom is 0.326 e. The van der Waals surface area contributed by atoms with E-state index < -0.39 is 5.54 Å². The molecule has 0 aliphatic heterocycles. The fourth-order valence-corrected chi connectivity index (χ4v) is 2.67. The number of esters is 1. The zero-order chi connectivity index (χ0) is 14.4. The van der Waals surface area contributed by atoms with Crippen molar-refractivity contribution >= 4 is 5.97 Å². The Balaban J connectivity index is 2.06. The highest BCUT2D eigenvalue weighted by Gasteiger charge is 2.44. The molecule has 0 heterocycles. The SMILES string of the molecule is COC(=O)C1(NCCCN=[N+]=[N-])Cc2ccccc2C1. The van der Waals surface area contributed by atoms with Gasteiger partial charge in [-0.05, 0) is 29.6 Å². The summed E-state index contributed by atoms with van der Waals surface area (Å²) in [4.78, 5) is 14.9. The number of carbonyl (C=O) groups is 1. The largest absolute Gasteiger partial charge is 0.468 e. The average molecular weight is 274 g/mol. The van der Waals surface area contributed by atoms with Crippen LogP contribution in [-0.4, -0.2) is 31.7 Å². The second-order valence-electron chi connectivity index (χ2n) is 4.93. The van der Waals surface area contributed by atoms with Crippen molar-refractivity contribution in [1.29, 1.82) is 0 Å². The molecule has 106 valence electrons. The summed E-state index contributed by atoms with van der Waals surface area (Å²) >= 11 is 0. The van der Waals surface area contributed by atoms with E-state index in [0.717, 1.165) is 0 Å². The van der Waals surface area contributed by atoms with Crippen molar-refractivity contribution in [3.8, 4) is 0 Å². The van der Waals surface area contributed by atoms with Crippen molar-refractivity contribution in [1.82, 2.24) is 5.32 Å². The van der Waals surface area contributed by atoms with Crippen LogP contribution in [0.1, 0.15) is 17.5 Å². The van der Waals surface area contributed by atoms with E-state index in [2.05, 4.69) is 15.3 Å². The van der Waals surface area contributed by atoms with Crippen molar-refractivity contribution in [2.75, 3.05) is 20.2 Å². The zero-order valence-electron chi connectivity index (χ0n) is 11.5. The minimum absolute atomic E-state index is 0.238. The van der Waals surface area contributed by atoms with Gasteiger partial charge in [-0.3, -0.25) is 4.79 Å². The van der Waals surface area contributed by atoms with Crippen molar-refractivity contribution in [3.05, 3.63) is 45.8 Å². The van der Waals surface area contributed by atoms with Gasteiger partial charge in [0.1, 0.15) is 5.54 Å². The van der Waals surface area contributed by atoms with E-state index in [-0.39, 0.29) is 5.97 Å². The van der Waals surface area contributed by atoms with Crippen LogP contribution in [0.3, 0.4) is 0 Å². The summed E-state index contributed by atoms with van der Waals surface area (Å²) in [7, 11) is 1.41. The number of benzene rings is 1. The smallest absolute Gasteiger partial charge is 0.326 e. The second-order valence-corrected chi connectivity index (χ2v) is 4.93. The molecule has 0 amide bonds. The van der Waals surface area contributed by atoms with Crippen molar-refractivity contribution in [2.45, 2.75) is 24.8 Å². The van der Waals surface area contributed by atoms with E-state index in [9.17, 15) is 4.79 Å². The summed E-state index contributed by atoms with van der Waals surface area (Å²) in [5.41, 5.74) is 9.91. The predicted molar refractivity (Wildman–Crippen MR) is 75.2 cm³/mol. The molecule has 0 aromatic heterocycles. The molecule has 1 aromatic rings. The molecule has 0 saturated heterocycles. The van der Waals surface area contributed by atoms with Crippen LogP contribution < -0.4 is 5.32 Å². The molecule has 20 heavy (non-hydrogen) atoms. The third-order valence-corrected chi connectivity index (χ3v) is 3.64. The Hall–Kier alpha value is -2.04. The summed E-state index contributed by atoms with van der Waals surface area (Å²) < 4.78 is 4.96. The summed E-state index contributed by atoms with van der Waals surface area (Å²) in [5, 5.41) is 6.78. The normalized spacial score (nSPS) is 15.2. The minimum atomic E-state index is -0.686. The molecule has 1 aromatic carbocycles. The van der Waals surface area contributed by atoms with Crippen molar-refractivity contribution in [3.63, 3.8) is 0 Å². The number of nitrogens with one attached hydrogen (secondary N) is 1. The Kier molecular flexibility index (Phi) is 4.61. The van der Waals surface area contributed by atoms with Crippen molar-refractivity contribution < 1.29 is 9.53 Å². The molecule has 0 spiro atoms. The fraction of sp³-hybridized carbons (Fsp3) is 0.500. The van der Waals surface area contributed by atoms with E-state index in [1.807, 2.05) is 24.3 Å². The van der Waals surface area contributed by atoms with Crippen LogP contribution in [0.4, 0.5) is 0 Å². The quantitative estimate of drug-likeness (QED) is 0.283. The lowest BCUT2D eigenvalue weighted by Crippen LogP contribution is -2.54. The number of rotatable bonds is 6. The zero-order valence-corrected chi connectivity index (χ0v) is 11.5. The molecule has 0 unspecified atom stereocenters. The lowest BCUT2D eigenvalue weighted by Gasteiger charge is -2.27. The second kappa shape index (κ2) is 6.41. The van der Waals surface area contributed by atoms with Gasteiger partial charge in [0.2, 0.25) is 0 Å². The van der Waals surface area contributed by atoms with Gasteiger partial charge in [0, 0.05) is 24.3 Å². The van der Waals surface area contributed by atoms with Gasteiger partial charge in [-0.15, -0.1) is 0 Å². The Labute approximate surface area is 117 Å². The molecular weight excluding hydrogens is 256 g/mol. The third kappa shape index (κ3) is 2.92. The van der Waals surface area contributed by atoms with E-state index in [1.165, 1.54) is 18.2 Å². The number of fused-ring (bicyclic) bond motifs is 1. The summed E-state index contributed by atoms with van der Waals surface area (Å²) in [6, 6.07) is 8.05. The topological polar surface area (TPSA) is 87.1 Å². The van der Waals surface area contributed by atoms with Crippen LogP contribution in [0.5, 0.6) is 0 Å². The molecule has 6 nitrogen and oxygen atoms in total. The van der Waals surface area contributed by atoms with E-state index >= 15 is 0 Å². The Morgan fingerprint density at radius 3 is 2.65 bits per heavy atom. The van der Waals surface area contributed by atoms with E-state index in [0.29, 0.717) is 32.4 Å². The van der Waals surface area contributed by atoms with Gasteiger partial charge in [-0.25, -0.2) is 0 Å². The van der Waals surface area contributed by atoms with E-state index in [4.69, 9.17) is 10.3 Å². The number of nitrogens with zero attached hydrogens (tertiary/aromatic N) is 3. The fourth-order valence-electron chi connectivity index (χ4n) is 2.67. The van der Waals surface area contributed by atoms with Gasteiger partial charge >= 0.3 is 5.97 Å². The van der Waals surface area contributed by atoms with Gasteiger partial charge in [0.25, 0.3) is 0 Å². The Bertz CT molecular complexity index is 513. The maximum atomic E-state index is 12.2. The molecule has 0 fully saturated rings. The summed E-state index contributed by atoms with van der Waals surface area (Å²) in [6.45, 7) is 1.04.